The van der Waals surface area contributed by atoms with Crippen molar-refractivity contribution in [3.05, 3.63) is 78.0 Å². The molecule has 1 amide bonds. The van der Waals surface area contributed by atoms with Crippen LogP contribution in [0, 0.1) is 0 Å². The maximum atomic E-state index is 12.4. The van der Waals surface area contributed by atoms with E-state index in [4.69, 9.17) is 4.74 Å². The first-order chi connectivity index (χ1) is 13.6. The number of ether oxygens (including phenoxy) is 2. The summed E-state index contributed by atoms with van der Waals surface area (Å²) in [6.45, 7) is 0. The average molecular weight is 377 g/mol. The van der Waals surface area contributed by atoms with Crippen molar-refractivity contribution >= 4 is 29.1 Å². The Bertz CT molecular complexity index is 987. The summed E-state index contributed by atoms with van der Waals surface area (Å²) in [5.41, 5.74) is 2.00. The van der Waals surface area contributed by atoms with Crippen LogP contribution in [-0.4, -0.2) is 31.1 Å². The van der Waals surface area contributed by atoms with Crippen LogP contribution in [0.5, 0.6) is 5.75 Å². The van der Waals surface area contributed by atoms with Gasteiger partial charge in [-0.1, -0.05) is 18.2 Å². The third-order valence-corrected chi connectivity index (χ3v) is 3.94. The molecule has 0 fully saturated rings. The van der Waals surface area contributed by atoms with Crippen LogP contribution in [0.1, 0.15) is 20.7 Å². The molecule has 2 aromatic carbocycles. The van der Waals surface area contributed by atoms with Gasteiger partial charge in [0.25, 0.3) is 5.91 Å². The molecule has 28 heavy (non-hydrogen) atoms. The smallest absolute Gasteiger partial charge is 0.337 e. The second-order valence-corrected chi connectivity index (χ2v) is 5.78. The molecule has 0 atom stereocenters. The fourth-order valence-corrected chi connectivity index (χ4v) is 2.53. The number of carbonyl (C=O) groups excluding carboxylic acids is 2. The van der Waals surface area contributed by atoms with Gasteiger partial charge in [0.05, 0.1) is 31.0 Å². The molecule has 0 radical (unpaired) electrons. The lowest BCUT2D eigenvalue weighted by Crippen LogP contribution is -2.13. The first-order valence-corrected chi connectivity index (χ1v) is 8.46. The Hall–Kier alpha value is -3.87. The van der Waals surface area contributed by atoms with Gasteiger partial charge in [-0.3, -0.25) is 4.79 Å². The molecule has 7 nitrogen and oxygen atoms in total. The third kappa shape index (κ3) is 4.45. The highest BCUT2D eigenvalue weighted by Gasteiger charge is 2.10. The summed E-state index contributed by atoms with van der Waals surface area (Å²) in [5, 5.41) is 5.88. The van der Waals surface area contributed by atoms with Crippen molar-refractivity contribution in [3.8, 4) is 5.75 Å². The van der Waals surface area contributed by atoms with E-state index in [-0.39, 0.29) is 5.91 Å². The molecule has 0 saturated carbocycles. The Kier molecular flexibility index (Phi) is 5.86. The third-order valence-electron chi connectivity index (χ3n) is 3.94. The zero-order valence-electron chi connectivity index (χ0n) is 15.4. The number of methoxy groups -OCH3 is 2. The summed E-state index contributed by atoms with van der Waals surface area (Å²) in [6.07, 6.45) is 1.47. The van der Waals surface area contributed by atoms with Gasteiger partial charge >= 0.3 is 5.97 Å². The summed E-state index contributed by atoms with van der Waals surface area (Å²) in [4.78, 5) is 28.3. The molecule has 0 unspecified atom stereocenters. The highest BCUT2D eigenvalue weighted by atomic mass is 16.5. The van der Waals surface area contributed by atoms with E-state index < -0.39 is 5.97 Å². The number of nitrogens with one attached hydrogen (secondary N) is 2. The molecule has 0 aliphatic carbocycles. The zero-order chi connectivity index (χ0) is 19.9. The number of rotatable bonds is 6. The maximum Gasteiger partial charge on any atom is 0.337 e. The fourth-order valence-electron chi connectivity index (χ4n) is 2.53. The Morgan fingerprint density at radius 3 is 2.46 bits per heavy atom. The minimum Gasteiger partial charge on any atom is -0.495 e. The predicted molar refractivity (Wildman–Crippen MR) is 106 cm³/mol. The number of para-hydroxylation sites is 2. The van der Waals surface area contributed by atoms with Gasteiger partial charge in [-0.25, -0.2) is 9.78 Å². The zero-order valence-corrected chi connectivity index (χ0v) is 15.4. The monoisotopic (exact) mass is 377 g/mol. The average Bonchev–Trinajstić information content (AvgIpc) is 2.74. The molecule has 0 bridgehead atoms. The number of pyridine rings is 1. The van der Waals surface area contributed by atoms with Gasteiger partial charge in [0.2, 0.25) is 0 Å². The Morgan fingerprint density at radius 1 is 0.929 bits per heavy atom. The van der Waals surface area contributed by atoms with Gasteiger partial charge in [0.1, 0.15) is 11.6 Å². The summed E-state index contributed by atoms with van der Waals surface area (Å²) >= 11 is 0. The maximum absolute atomic E-state index is 12.4. The van der Waals surface area contributed by atoms with Crippen LogP contribution >= 0.6 is 0 Å². The Morgan fingerprint density at radius 2 is 1.75 bits per heavy atom. The van der Waals surface area contributed by atoms with Crippen LogP contribution in [0.2, 0.25) is 0 Å². The minimum absolute atomic E-state index is 0.335. The molecular weight excluding hydrogens is 358 g/mol. The molecule has 2 N–H and O–H groups in total. The highest BCUT2D eigenvalue weighted by molar-refractivity contribution is 6.04. The number of carbonyl (C=O) groups is 2. The van der Waals surface area contributed by atoms with E-state index in [2.05, 4.69) is 20.4 Å². The molecule has 1 heterocycles. The summed E-state index contributed by atoms with van der Waals surface area (Å²) in [6, 6.07) is 17.3. The first-order valence-electron chi connectivity index (χ1n) is 8.46. The standard InChI is InChI=1S/C21H19N3O4/c1-27-18-9-4-3-8-17(18)24-19-11-10-15(13-22-19)20(25)23-16-7-5-6-14(12-16)21(26)28-2/h3-13H,1-2H3,(H,22,24)(H,23,25). The molecule has 0 aliphatic rings. The van der Waals surface area contributed by atoms with Crippen LogP contribution in [0.15, 0.2) is 66.9 Å². The van der Waals surface area contributed by atoms with Crippen molar-refractivity contribution in [2.75, 3.05) is 24.9 Å². The number of hydrogen-bond donors (Lipinski definition) is 2. The number of aromatic nitrogens is 1. The largest absolute Gasteiger partial charge is 0.495 e. The number of nitrogens with zero attached hydrogens (tertiary/aromatic N) is 1. The number of esters is 1. The summed E-state index contributed by atoms with van der Waals surface area (Å²) in [7, 11) is 2.90. The topological polar surface area (TPSA) is 89.5 Å². The van der Waals surface area contributed by atoms with Crippen molar-refractivity contribution in [2.45, 2.75) is 0 Å². The van der Waals surface area contributed by atoms with E-state index >= 15 is 0 Å². The molecular formula is C21H19N3O4. The van der Waals surface area contributed by atoms with Gasteiger partial charge in [0, 0.05) is 11.9 Å². The van der Waals surface area contributed by atoms with Gasteiger partial charge < -0.3 is 20.1 Å². The van der Waals surface area contributed by atoms with Gasteiger partial charge in [-0.15, -0.1) is 0 Å². The minimum atomic E-state index is -0.468. The molecule has 0 aliphatic heterocycles. The van der Waals surface area contributed by atoms with Crippen molar-refractivity contribution in [1.82, 2.24) is 4.98 Å². The van der Waals surface area contributed by atoms with Crippen LogP contribution in [-0.2, 0) is 4.74 Å². The fraction of sp³-hybridized carbons (Fsp3) is 0.0952. The molecule has 1 aromatic heterocycles. The predicted octanol–water partition coefficient (Wildman–Crippen LogP) is 3.87. The van der Waals surface area contributed by atoms with E-state index in [9.17, 15) is 9.59 Å². The lowest BCUT2D eigenvalue weighted by atomic mass is 10.2. The van der Waals surface area contributed by atoms with E-state index in [1.165, 1.54) is 13.3 Å². The van der Waals surface area contributed by atoms with Crippen LogP contribution < -0.4 is 15.4 Å². The van der Waals surface area contributed by atoms with E-state index in [0.29, 0.717) is 28.4 Å². The normalized spacial score (nSPS) is 10.1. The van der Waals surface area contributed by atoms with Gasteiger partial charge in [-0.2, -0.15) is 0 Å². The number of anilines is 3. The molecule has 0 saturated heterocycles. The van der Waals surface area contributed by atoms with Gasteiger partial charge in [0.15, 0.2) is 0 Å². The van der Waals surface area contributed by atoms with E-state index in [1.807, 2.05) is 24.3 Å². The summed E-state index contributed by atoms with van der Waals surface area (Å²) < 4.78 is 9.97. The molecule has 3 aromatic rings. The van der Waals surface area contributed by atoms with E-state index in [0.717, 1.165) is 5.69 Å². The van der Waals surface area contributed by atoms with Crippen LogP contribution in [0.4, 0.5) is 17.2 Å². The number of benzene rings is 2. The second-order valence-electron chi connectivity index (χ2n) is 5.78. The second kappa shape index (κ2) is 8.68. The lowest BCUT2D eigenvalue weighted by Gasteiger charge is -2.11. The number of hydrogen-bond acceptors (Lipinski definition) is 6. The quantitative estimate of drug-likeness (QED) is 0.634. The summed E-state index contributed by atoms with van der Waals surface area (Å²) in [5.74, 6) is 0.466. The Labute approximate surface area is 162 Å². The van der Waals surface area contributed by atoms with E-state index in [1.54, 1.807) is 43.5 Å². The Balaban J connectivity index is 1.69. The molecule has 3 rings (SSSR count). The molecule has 142 valence electrons. The van der Waals surface area contributed by atoms with Crippen molar-refractivity contribution in [1.29, 1.82) is 0 Å². The van der Waals surface area contributed by atoms with Crippen molar-refractivity contribution in [3.63, 3.8) is 0 Å². The first kappa shape index (κ1) is 18.9. The van der Waals surface area contributed by atoms with Gasteiger partial charge in [-0.05, 0) is 42.5 Å². The molecule has 7 heteroatoms. The van der Waals surface area contributed by atoms with Crippen LogP contribution in [0.25, 0.3) is 0 Å². The molecule has 0 spiro atoms. The SMILES string of the molecule is COC(=O)c1cccc(NC(=O)c2ccc(Nc3ccccc3OC)nc2)c1. The highest BCUT2D eigenvalue weighted by Crippen LogP contribution is 2.26. The van der Waals surface area contributed by atoms with Crippen molar-refractivity contribution in [2.24, 2.45) is 0 Å². The number of amides is 1. The van der Waals surface area contributed by atoms with Crippen LogP contribution in [0.3, 0.4) is 0 Å². The lowest BCUT2D eigenvalue weighted by molar-refractivity contribution is 0.0600. The van der Waals surface area contributed by atoms with Crippen molar-refractivity contribution < 1.29 is 19.1 Å².